The minimum atomic E-state index is -0.165. The van der Waals surface area contributed by atoms with Gasteiger partial charge in [-0.2, -0.15) is 0 Å². The highest BCUT2D eigenvalue weighted by atomic mass is 16.2. The van der Waals surface area contributed by atoms with E-state index in [2.05, 4.69) is 56.7 Å². The van der Waals surface area contributed by atoms with Crippen LogP contribution in [0.2, 0.25) is 0 Å². The molecule has 0 aliphatic heterocycles. The zero-order valence-electron chi connectivity index (χ0n) is 15.3. The fourth-order valence-electron chi connectivity index (χ4n) is 2.40. The van der Waals surface area contributed by atoms with E-state index in [9.17, 15) is 4.79 Å². The second-order valence-electron chi connectivity index (χ2n) is 7.65. The molecule has 126 valence electrons. The van der Waals surface area contributed by atoms with Crippen molar-refractivity contribution < 1.29 is 4.79 Å². The lowest BCUT2D eigenvalue weighted by molar-refractivity contribution is -0.129. The maximum atomic E-state index is 12.7. The molecule has 1 heterocycles. The van der Waals surface area contributed by atoms with Crippen LogP contribution in [0.15, 0.2) is 12.4 Å². The summed E-state index contributed by atoms with van der Waals surface area (Å²) in [4.78, 5) is 19.1. The largest absolute Gasteiger partial charge is 0.352 e. The fourth-order valence-corrected chi connectivity index (χ4v) is 2.40. The molecule has 1 aromatic heterocycles. The summed E-state index contributed by atoms with van der Waals surface area (Å²) in [5.41, 5.74) is 0.0510. The van der Waals surface area contributed by atoms with Crippen molar-refractivity contribution in [1.29, 1.82) is 0 Å². The van der Waals surface area contributed by atoms with Gasteiger partial charge < -0.3 is 9.88 Å². The summed E-state index contributed by atoms with van der Waals surface area (Å²) < 4.78 is 1.99. The van der Waals surface area contributed by atoms with Crippen molar-refractivity contribution in [2.75, 3.05) is 7.05 Å². The Morgan fingerprint density at radius 2 is 1.95 bits per heavy atom. The molecule has 1 amide bonds. The maximum Gasteiger partial charge on any atom is 0.237 e. The molecular weight excluding hydrogens is 276 g/mol. The number of nitrogens with zero attached hydrogens (tertiary/aromatic N) is 3. The third-order valence-corrected chi connectivity index (χ3v) is 4.34. The number of likely N-dealkylation sites (N-methyl/N-ethyl adjacent to an activating group) is 1. The Hall–Kier alpha value is -1.36. The molecule has 5 heteroatoms. The van der Waals surface area contributed by atoms with Crippen LogP contribution in [0.4, 0.5) is 0 Å². The van der Waals surface area contributed by atoms with Gasteiger partial charge in [0.05, 0.1) is 12.6 Å². The van der Waals surface area contributed by atoms with Crippen LogP contribution in [-0.4, -0.2) is 39.5 Å². The van der Waals surface area contributed by atoms with Gasteiger partial charge in [-0.3, -0.25) is 9.69 Å². The van der Waals surface area contributed by atoms with E-state index in [0.717, 1.165) is 5.82 Å². The first kappa shape index (κ1) is 18.7. The zero-order valence-corrected chi connectivity index (χ0v) is 15.3. The third-order valence-electron chi connectivity index (χ3n) is 4.34. The van der Waals surface area contributed by atoms with Crippen molar-refractivity contribution in [2.45, 2.75) is 60.2 Å². The average Bonchev–Trinajstić information content (AvgIpc) is 2.73. The van der Waals surface area contributed by atoms with Gasteiger partial charge in [-0.25, -0.2) is 4.98 Å². The number of carbonyl (C=O) groups is 1. The molecule has 0 radical (unpaired) electrons. The molecule has 0 saturated heterocycles. The van der Waals surface area contributed by atoms with Crippen LogP contribution < -0.4 is 5.32 Å². The molecule has 1 N–H and O–H groups in total. The molecule has 0 bridgehead atoms. The van der Waals surface area contributed by atoms with E-state index < -0.39 is 0 Å². The van der Waals surface area contributed by atoms with E-state index in [1.807, 2.05) is 24.9 Å². The Morgan fingerprint density at radius 1 is 1.36 bits per heavy atom. The quantitative estimate of drug-likeness (QED) is 0.878. The predicted octanol–water partition coefficient (Wildman–Crippen LogP) is 2.43. The molecule has 0 fully saturated rings. The fraction of sp³-hybridized carbons (Fsp3) is 0.765. The molecule has 0 aliphatic carbocycles. The molecule has 0 aromatic carbocycles. The van der Waals surface area contributed by atoms with Crippen LogP contribution in [0.3, 0.4) is 0 Å². The van der Waals surface area contributed by atoms with E-state index in [1.165, 1.54) is 0 Å². The molecule has 5 nitrogen and oxygen atoms in total. The molecule has 0 saturated carbocycles. The minimum Gasteiger partial charge on any atom is -0.352 e. The number of imidazole rings is 1. The molecule has 0 spiro atoms. The van der Waals surface area contributed by atoms with Crippen molar-refractivity contribution in [3.05, 3.63) is 18.2 Å². The summed E-state index contributed by atoms with van der Waals surface area (Å²) in [5, 5.41) is 3.17. The van der Waals surface area contributed by atoms with E-state index in [0.29, 0.717) is 6.54 Å². The van der Waals surface area contributed by atoms with Crippen LogP contribution in [0.25, 0.3) is 0 Å². The van der Waals surface area contributed by atoms with E-state index in [1.54, 1.807) is 6.20 Å². The number of hydrogen-bond acceptors (Lipinski definition) is 3. The SMILES string of the molecule is CC(C)C(C(=O)NC(C)C(C)(C)C)N(C)Cc1nccn1C. The smallest absolute Gasteiger partial charge is 0.237 e. The monoisotopic (exact) mass is 308 g/mol. The number of nitrogens with one attached hydrogen (secondary N) is 1. The Morgan fingerprint density at radius 3 is 2.36 bits per heavy atom. The Balaban J connectivity index is 2.80. The number of rotatable bonds is 6. The summed E-state index contributed by atoms with van der Waals surface area (Å²) in [6, 6.07) is -0.0377. The van der Waals surface area contributed by atoms with Crippen LogP contribution in [-0.2, 0) is 18.4 Å². The zero-order chi connectivity index (χ0) is 17.1. The second kappa shape index (κ2) is 7.27. The Kier molecular flexibility index (Phi) is 6.17. The summed E-state index contributed by atoms with van der Waals surface area (Å²) in [6.07, 6.45) is 3.71. The lowest BCUT2D eigenvalue weighted by Gasteiger charge is -2.34. The molecule has 1 aromatic rings. The highest BCUT2D eigenvalue weighted by Crippen LogP contribution is 2.20. The van der Waals surface area contributed by atoms with Gasteiger partial charge in [0, 0.05) is 25.5 Å². The molecular formula is C17H32N4O. The van der Waals surface area contributed by atoms with Crippen molar-refractivity contribution >= 4 is 5.91 Å². The van der Waals surface area contributed by atoms with Gasteiger partial charge in [-0.05, 0) is 25.3 Å². The lowest BCUT2D eigenvalue weighted by atomic mass is 9.87. The predicted molar refractivity (Wildman–Crippen MR) is 90.4 cm³/mol. The molecule has 2 unspecified atom stereocenters. The van der Waals surface area contributed by atoms with Crippen molar-refractivity contribution in [2.24, 2.45) is 18.4 Å². The molecule has 1 rings (SSSR count). The van der Waals surface area contributed by atoms with E-state index >= 15 is 0 Å². The first-order valence-electron chi connectivity index (χ1n) is 8.00. The lowest BCUT2D eigenvalue weighted by Crippen LogP contribution is -2.52. The summed E-state index contributed by atoms with van der Waals surface area (Å²) in [7, 11) is 3.96. The topological polar surface area (TPSA) is 50.2 Å². The molecule has 22 heavy (non-hydrogen) atoms. The average molecular weight is 308 g/mol. The second-order valence-corrected chi connectivity index (χ2v) is 7.65. The van der Waals surface area contributed by atoms with Crippen LogP contribution in [0, 0.1) is 11.3 Å². The van der Waals surface area contributed by atoms with Crippen LogP contribution >= 0.6 is 0 Å². The normalized spacial score (nSPS) is 15.2. The van der Waals surface area contributed by atoms with Gasteiger partial charge in [-0.15, -0.1) is 0 Å². The van der Waals surface area contributed by atoms with Crippen molar-refractivity contribution in [3.8, 4) is 0 Å². The summed E-state index contributed by atoms with van der Waals surface area (Å²) in [5.74, 6) is 1.29. The Labute approximate surface area is 135 Å². The first-order valence-corrected chi connectivity index (χ1v) is 8.00. The van der Waals surface area contributed by atoms with Gasteiger partial charge in [0.25, 0.3) is 0 Å². The van der Waals surface area contributed by atoms with Gasteiger partial charge in [0.1, 0.15) is 5.82 Å². The first-order chi connectivity index (χ1) is 10.0. The number of amides is 1. The van der Waals surface area contributed by atoms with Gasteiger partial charge in [0.15, 0.2) is 0 Å². The van der Waals surface area contributed by atoms with E-state index in [4.69, 9.17) is 0 Å². The van der Waals surface area contributed by atoms with Crippen molar-refractivity contribution in [1.82, 2.24) is 19.8 Å². The number of aryl methyl sites for hydroxylation is 1. The third kappa shape index (κ3) is 4.83. The highest BCUT2D eigenvalue weighted by Gasteiger charge is 2.30. The number of hydrogen-bond donors (Lipinski definition) is 1. The number of carbonyl (C=O) groups excluding carboxylic acids is 1. The van der Waals surface area contributed by atoms with Gasteiger partial charge in [-0.1, -0.05) is 34.6 Å². The maximum absolute atomic E-state index is 12.7. The standard InChI is InChI=1S/C17H32N4O/c1-12(2)15(16(22)19-13(3)17(4,5)6)21(8)11-14-18-9-10-20(14)7/h9-10,12-13,15H,11H2,1-8H3,(H,19,22). The highest BCUT2D eigenvalue weighted by molar-refractivity contribution is 5.82. The summed E-state index contributed by atoms with van der Waals surface area (Å²) in [6.45, 7) is 13.3. The van der Waals surface area contributed by atoms with Crippen molar-refractivity contribution in [3.63, 3.8) is 0 Å². The van der Waals surface area contributed by atoms with Gasteiger partial charge >= 0.3 is 0 Å². The van der Waals surface area contributed by atoms with Crippen LogP contribution in [0.1, 0.15) is 47.4 Å². The Bertz CT molecular complexity index is 487. The van der Waals surface area contributed by atoms with E-state index in [-0.39, 0.29) is 29.3 Å². The van der Waals surface area contributed by atoms with Gasteiger partial charge in [0.2, 0.25) is 5.91 Å². The van der Waals surface area contributed by atoms with Crippen LogP contribution in [0.5, 0.6) is 0 Å². The summed E-state index contributed by atoms with van der Waals surface area (Å²) >= 11 is 0. The molecule has 2 atom stereocenters. The minimum absolute atomic E-state index is 0.0510. The number of aromatic nitrogens is 2. The molecule has 0 aliphatic rings.